The molecule has 1 aliphatic carbocycles. The number of amides is 1. The number of rotatable bonds is 4. The predicted molar refractivity (Wildman–Crippen MR) is 90.2 cm³/mol. The molecule has 1 atom stereocenters. The number of thiophene rings is 1. The smallest absolute Gasteiger partial charge is 0.341 e. The second-order valence-electron chi connectivity index (χ2n) is 5.80. The van der Waals surface area contributed by atoms with Crippen LogP contribution in [-0.2, 0) is 22.4 Å². The fourth-order valence-corrected chi connectivity index (χ4v) is 4.01. The lowest BCUT2D eigenvalue weighted by atomic mass is 9.88. The van der Waals surface area contributed by atoms with Gasteiger partial charge in [0.2, 0.25) is 0 Å². The van der Waals surface area contributed by atoms with Crippen molar-refractivity contribution in [1.29, 1.82) is 0 Å². The molecule has 0 fully saturated rings. The summed E-state index contributed by atoms with van der Waals surface area (Å²) in [5.41, 5.74) is 1.45. The lowest BCUT2D eigenvalue weighted by molar-refractivity contribution is -0.114. The Morgan fingerprint density at radius 1 is 1.36 bits per heavy atom. The van der Waals surface area contributed by atoms with Crippen LogP contribution in [0.15, 0.2) is 0 Å². The van der Waals surface area contributed by atoms with Crippen LogP contribution in [0.2, 0.25) is 0 Å². The van der Waals surface area contributed by atoms with E-state index in [9.17, 15) is 9.59 Å². The maximum absolute atomic E-state index is 12.4. The molecule has 0 aliphatic heterocycles. The van der Waals surface area contributed by atoms with Crippen LogP contribution < -0.4 is 5.32 Å². The van der Waals surface area contributed by atoms with Crippen molar-refractivity contribution in [3.8, 4) is 0 Å². The number of ether oxygens (including phenoxy) is 1. The Morgan fingerprint density at radius 3 is 2.64 bits per heavy atom. The van der Waals surface area contributed by atoms with Gasteiger partial charge in [-0.05, 0) is 44.6 Å². The highest BCUT2D eigenvalue weighted by Crippen LogP contribution is 2.40. The number of esters is 1. The highest BCUT2D eigenvalue weighted by atomic mass is 35.5. The minimum Gasteiger partial charge on any atom is -0.459 e. The minimum absolute atomic E-state index is 0.220. The zero-order valence-corrected chi connectivity index (χ0v) is 15.1. The Balaban J connectivity index is 2.38. The summed E-state index contributed by atoms with van der Waals surface area (Å²) in [5.74, 6) is -0.371. The number of halogens is 2. The summed E-state index contributed by atoms with van der Waals surface area (Å²) in [7, 11) is 0. The summed E-state index contributed by atoms with van der Waals surface area (Å²) in [6.45, 7) is 5.77. The third kappa shape index (κ3) is 3.94. The molecule has 7 heteroatoms. The number of carbonyl (C=O) groups excluding carboxylic acids is 2. The maximum Gasteiger partial charge on any atom is 0.341 e. The highest BCUT2D eigenvalue weighted by Gasteiger charge is 2.30. The predicted octanol–water partition coefficient (Wildman–Crippen LogP) is 4.18. The number of nitrogens with one attached hydrogen (secondary N) is 1. The van der Waals surface area contributed by atoms with Crippen LogP contribution in [0.3, 0.4) is 0 Å². The monoisotopic (exact) mass is 363 g/mol. The number of alkyl halides is 2. The van der Waals surface area contributed by atoms with Crippen LogP contribution in [0, 0.1) is 5.92 Å². The van der Waals surface area contributed by atoms with Gasteiger partial charge in [0.15, 0.2) is 4.84 Å². The molecule has 1 aliphatic rings. The molecule has 0 radical (unpaired) electrons. The van der Waals surface area contributed by atoms with E-state index in [2.05, 4.69) is 12.2 Å². The van der Waals surface area contributed by atoms with E-state index >= 15 is 0 Å². The van der Waals surface area contributed by atoms with Crippen molar-refractivity contribution in [1.82, 2.24) is 0 Å². The van der Waals surface area contributed by atoms with E-state index in [4.69, 9.17) is 27.9 Å². The molecule has 0 aromatic carbocycles. The van der Waals surface area contributed by atoms with Gasteiger partial charge in [0.05, 0.1) is 11.7 Å². The molecule has 0 saturated carbocycles. The Bertz CT molecular complexity index is 584. The van der Waals surface area contributed by atoms with Crippen LogP contribution in [0.1, 0.15) is 48.0 Å². The average molecular weight is 364 g/mol. The summed E-state index contributed by atoms with van der Waals surface area (Å²) in [5, 5.41) is 3.14. The summed E-state index contributed by atoms with van der Waals surface area (Å²) >= 11 is 12.6. The second-order valence-corrected chi connectivity index (χ2v) is 8.00. The summed E-state index contributed by atoms with van der Waals surface area (Å²) in [6, 6.07) is 0. The van der Waals surface area contributed by atoms with Crippen molar-refractivity contribution < 1.29 is 14.3 Å². The summed E-state index contributed by atoms with van der Waals surface area (Å²) in [4.78, 5) is 24.1. The zero-order valence-electron chi connectivity index (χ0n) is 12.7. The number of hydrogen-bond donors (Lipinski definition) is 1. The van der Waals surface area contributed by atoms with Gasteiger partial charge < -0.3 is 10.1 Å². The Kier molecular flexibility index (Phi) is 5.75. The van der Waals surface area contributed by atoms with Gasteiger partial charge in [0, 0.05) is 4.88 Å². The molecule has 122 valence electrons. The summed E-state index contributed by atoms with van der Waals surface area (Å²) < 4.78 is 5.32. The Hall–Kier alpha value is -0.780. The van der Waals surface area contributed by atoms with Crippen molar-refractivity contribution in [2.24, 2.45) is 5.92 Å². The van der Waals surface area contributed by atoms with Crippen LogP contribution in [0.25, 0.3) is 0 Å². The van der Waals surface area contributed by atoms with Gasteiger partial charge in [-0.1, -0.05) is 30.1 Å². The first kappa shape index (κ1) is 17.6. The zero-order chi connectivity index (χ0) is 16.4. The van der Waals surface area contributed by atoms with E-state index in [1.165, 1.54) is 11.3 Å². The SMILES string of the molecule is CC1CCc2c(sc(NC(=O)C(Cl)Cl)c2C(=O)OC(C)C)C1. The largest absolute Gasteiger partial charge is 0.459 e. The quantitative estimate of drug-likeness (QED) is 0.644. The van der Waals surface area contributed by atoms with Crippen LogP contribution in [0.5, 0.6) is 0 Å². The normalized spacial score (nSPS) is 17.5. The number of hydrogen-bond acceptors (Lipinski definition) is 4. The molecule has 0 spiro atoms. The van der Waals surface area contributed by atoms with Gasteiger partial charge >= 0.3 is 5.97 Å². The van der Waals surface area contributed by atoms with Gasteiger partial charge in [0.1, 0.15) is 5.00 Å². The van der Waals surface area contributed by atoms with Crippen LogP contribution >= 0.6 is 34.5 Å². The van der Waals surface area contributed by atoms with Crippen LogP contribution in [-0.4, -0.2) is 22.8 Å². The van der Waals surface area contributed by atoms with Crippen molar-refractivity contribution in [2.75, 3.05) is 5.32 Å². The van der Waals surface area contributed by atoms with E-state index in [0.29, 0.717) is 16.5 Å². The first-order chi connectivity index (χ1) is 10.3. The third-order valence-corrected chi connectivity index (χ3v) is 5.06. The van der Waals surface area contributed by atoms with Crippen molar-refractivity contribution in [3.63, 3.8) is 0 Å². The fourth-order valence-electron chi connectivity index (χ4n) is 2.49. The van der Waals surface area contributed by atoms with E-state index in [1.54, 1.807) is 13.8 Å². The summed E-state index contributed by atoms with van der Waals surface area (Å²) in [6.07, 6.45) is 2.52. The first-order valence-corrected chi connectivity index (χ1v) is 8.93. The molecule has 1 N–H and O–H groups in total. The average Bonchev–Trinajstić information content (AvgIpc) is 2.74. The lowest BCUT2D eigenvalue weighted by Gasteiger charge is -2.18. The van der Waals surface area contributed by atoms with Gasteiger partial charge in [0.25, 0.3) is 5.91 Å². The van der Waals surface area contributed by atoms with E-state index in [0.717, 1.165) is 29.7 Å². The van der Waals surface area contributed by atoms with Crippen molar-refractivity contribution >= 4 is 51.4 Å². The Morgan fingerprint density at radius 2 is 2.05 bits per heavy atom. The maximum atomic E-state index is 12.4. The molecular weight excluding hydrogens is 345 g/mol. The van der Waals surface area contributed by atoms with Gasteiger partial charge in [-0.25, -0.2) is 4.79 Å². The molecule has 1 amide bonds. The van der Waals surface area contributed by atoms with Crippen molar-refractivity contribution in [3.05, 3.63) is 16.0 Å². The van der Waals surface area contributed by atoms with Crippen LogP contribution in [0.4, 0.5) is 5.00 Å². The lowest BCUT2D eigenvalue weighted by Crippen LogP contribution is -2.21. The topological polar surface area (TPSA) is 55.4 Å². The van der Waals surface area contributed by atoms with Gasteiger partial charge in [-0.15, -0.1) is 11.3 Å². The molecule has 4 nitrogen and oxygen atoms in total. The van der Waals surface area contributed by atoms with E-state index < -0.39 is 16.7 Å². The molecule has 1 aromatic heterocycles. The first-order valence-electron chi connectivity index (χ1n) is 7.24. The van der Waals surface area contributed by atoms with Gasteiger partial charge in [-0.3, -0.25) is 4.79 Å². The molecule has 1 aromatic rings. The minimum atomic E-state index is -1.17. The standard InChI is InChI=1S/C15H19Cl2NO3S/c1-7(2)21-15(20)11-9-5-4-8(3)6-10(9)22-14(11)18-13(19)12(16)17/h7-8,12H,4-6H2,1-3H3,(H,18,19). The fraction of sp³-hybridized carbons (Fsp3) is 0.600. The third-order valence-electron chi connectivity index (χ3n) is 3.49. The number of carbonyl (C=O) groups is 2. The molecule has 22 heavy (non-hydrogen) atoms. The van der Waals surface area contributed by atoms with Crippen molar-refractivity contribution in [2.45, 2.75) is 51.0 Å². The molecule has 1 unspecified atom stereocenters. The number of fused-ring (bicyclic) bond motifs is 1. The molecule has 1 heterocycles. The number of anilines is 1. The second kappa shape index (κ2) is 7.20. The molecule has 2 rings (SSSR count). The van der Waals surface area contributed by atoms with E-state index in [1.807, 2.05) is 0 Å². The molecule has 0 saturated heterocycles. The highest BCUT2D eigenvalue weighted by molar-refractivity contribution is 7.17. The Labute approximate surface area is 144 Å². The van der Waals surface area contributed by atoms with E-state index in [-0.39, 0.29) is 6.10 Å². The van der Waals surface area contributed by atoms with Gasteiger partial charge in [-0.2, -0.15) is 0 Å². The molecular formula is C15H19Cl2NO3S. The molecule has 0 bridgehead atoms.